The van der Waals surface area contributed by atoms with Gasteiger partial charge in [0.2, 0.25) is 0 Å². The monoisotopic (exact) mass is 334 g/mol. The van der Waals surface area contributed by atoms with Crippen LogP contribution in [0.15, 0.2) is 9.59 Å². The minimum Gasteiger partial charge on any atom is -0.384 e. The summed E-state index contributed by atoms with van der Waals surface area (Å²) in [4.78, 5) is 40.7. The topological polar surface area (TPSA) is 101 Å². The molecule has 0 unspecified atom stereocenters. The van der Waals surface area contributed by atoms with Gasteiger partial charge in [-0.25, -0.2) is 4.79 Å². The number of ketones is 1. The lowest BCUT2D eigenvalue weighted by atomic mass is 9.75. The second kappa shape index (κ2) is 6.93. The van der Waals surface area contributed by atoms with Crippen molar-refractivity contribution in [2.24, 2.45) is 11.8 Å². The lowest BCUT2D eigenvalue weighted by Crippen LogP contribution is -2.45. The van der Waals surface area contributed by atoms with Gasteiger partial charge in [0, 0.05) is 13.1 Å². The molecule has 1 aromatic heterocycles. The Hall–Kier alpha value is -1.89. The maximum absolute atomic E-state index is 12.6. The van der Waals surface area contributed by atoms with Crippen LogP contribution in [0.5, 0.6) is 0 Å². The van der Waals surface area contributed by atoms with Crippen LogP contribution in [0.1, 0.15) is 49.4 Å². The second-order valence-corrected chi connectivity index (χ2v) is 7.02. The number of likely N-dealkylation sites (tertiary alicyclic amines) is 1. The van der Waals surface area contributed by atoms with E-state index in [-0.39, 0.29) is 23.7 Å². The van der Waals surface area contributed by atoms with Crippen LogP contribution >= 0.6 is 0 Å². The Bertz CT molecular complexity index is 736. The Kier molecular flexibility index (Phi) is 4.89. The van der Waals surface area contributed by atoms with Crippen LogP contribution in [0.3, 0.4) is 0 Å². The number of piperidine rings is 1. The number of aromatic nitrogens is 2. The fraction of sp³-hybridized carbons (Fsp3) is 0.706. The fourth-order valence-electron chi connectivity index (χ4n) is 4.27. The molecule has 1 aliphatic carbocycles. The zero-order valence-electron chi connectivity index (χ0n) is 14.2. The van der Waals surface area contributed by atoms with Gasteiger partial charge in [0.15, 0.2) is 5.78 Å². The number of nitrogens with one attached hydrogen (secondary N) is 1. The van der Waals surface area contributed by atoms with Crippen molar-refractivity contribution in [2.75, 3.05) is 25.4 Å². The molecule has 7 heteroatoms. The molecule has 2 heterocycles. The zero-order valence-corrected chi connectivity index (χ0v) is 14.2. The number of fused-ring (bicyclic) bond motifs is 1. The molecule has 7 nitrogen and oxygen atoms in total. The number of nitrogens with zero attached hydrogens (tertiary/aromatic N) is 2. The van der Waals surface area contributed by atoms with Gasteiger partial charge in [0.1, 0.15) is 11.4 Å². The van der Waals surface area contributed by atoms with Crippen molar-refractivity contribution in [2.45, 2.75) is 45.6 Å². The third kappa shape index (κ3) is 3.17. The summed E-state index contributed by atoms with van der Waals surface area (Å²) in [6, 6.07) is 0. The first-order valence-corrected chi connectivity index (χ1v) is 8.89. The second-order valence-electron chi connectivity index (χ2n) is 7.02. The van der Waals surface area contributed by atoms with E-state index in [9.17, 15) is 14.4 Å². The molecule has 1 saturated heterocycles. The lowest BCUT2D eigenvalue weighted by molar-refractivity contribution is 0.0712. The van der Waals surface area contributed by atoms with Crippen molar-refractivity contribution in [3.8, 4) is 0 Å². The van der Waals surface area contributed by atoms with E-state index in [0.29, 0.717) is 12.5 Å². The quantitative estimate of drug-likeness (QED) is 0.794. The number of nitrogen functional groups attached to an aromatic ring is 1. The van der Waals surface area contributed by atoms with Crippen molar-refractivity contribution < 1.29 is 4.79 Å². The van der Waals surface area contributed by atoms with E-state index in [1.165, 1.54) is 30.3 Å². The molecule has 3 rings (SSSR count). The van der Waals surface area contributed by atoms with E-state index in [4.69, 9.17) is 5.73 Å². The number of carbonyl (C=O) groups excluding carboxylic acids is 1. The predicted octanol–water partition coefficient (Wildman–Crippen LogP) is 0.834. The van der Waals surface area contributed by atoms with Gasteiger partial charge in [0.25, 0.3) is 5.56 Å². The van der Waals surface area contributed by atoms with Gasteiger partial charge >= 0.3 is 5.69 Å². The highest BCUT2D eigenvalue weighted by Gasteiger charge is 2.32. The summed E-state index contributed by atoms with van der Waals surface area (Å²) in [6.07, 6.45) is 6.26. The number of anilines is 1. The van der Waals surface area contributed by atoms with Gasteiger partial charge in [0.05, 0.1) is 6.54 Å². The van der Waals surface area contributed by atoms with E-state index in [0.717, 1.165) is 25.4 Å². The molecule has 3 N–H and O–H groups in total. The summed E-state index contributed by atoms with van der Waals surface area (Å²) in [5, 5.41) is 0. The maximum atomic E-state index is 12.6. The van der Waals surface area contributed by atoms with Gasteiger partial charge in [-0.3, -0.25) is 24.0 Å². The molecule has 1 aliphatic heterocycles. The zero-order chi connectivity index (χ0) is 17.3. The van der Waals surface area contributed by atoms with Crippen molar-refractivity contribution in [1.82, 2.24) is 14.5 Å². The summed E-state index contributed by atoms with van der Waals surface area (Å²) in [5.41, 5.74) is 4.58. The largest absolute Gasteiger partial charge is 0.384 e. The Labute approximate surface area is 140 Å². The van der Waals surface area contributed by atoms with Crippen LogP contribution in [-0.2, 0) is 6.54 Å². The number of hydrogen-bond donors (Lipinski definition) is 2. The van der Waals surface area contributed by atoms with Crippen molar-refractivity contribution in [3.63, 3.8) is 0 Å². The standard InChI is InChI=1S/C17H26N4O3/c1-2-21-15(18)14(16(23)19-17(21)24)13(22)10-20-8-7-11-5-3-4-6-12(11)9-20/h11-12H,2-10,18H2,1H3,(H,19,23,24)/t11-,12+/m1/s1. The molecule has 132 valence electrons. The van der Waals surface area contributed by atoms with Gasteiger partial charge in [-0.1, -0.05) is 19.3 Å². The predicted molar refractivity (Wildman–Crippen MR) is 92.2 cm³/mol. The van der Waals surface area contributed by atoms with Gasteiger partial charge in [-0.05, 0) is 38.1 Å². The molecule has 0 aromatic carbocycles. The molecule has 1 aromatic rings. The molecule has 2 aliphatic rings. The van der Waals surface area contributed by atoms with E-state index in [2.05, 4.69) is 9.88 Å². The summed E-state index contributed by atoms with van der Waals surface area (Å²) in [6.45, 7) is 4.06. The number of aromatic amines is 1. The van der Waals surface area contributed by atoms with Crippen LogP contribution in [0.25, 0.3) is 0 Å². The number of hydrogen-bond acceptors (Lipinski definition) is 5. The summed E-state index contributed by atoms with van der Waals surface area (Å²) >= 11 is 0. The normalized spacial score (nSPS) is 24.5. The maximum Gasteiger partial charge on any atom is 0.329 e. The Morgan fingerprint density at radius 3 is 2.62 bits per heavy atom. The van der Waals surface area contributed by atoms with E-state index < -0.39 is 11.2 Å². The van der Waals surface area contributed by atoms with Gasteiger partial charge < -0.3 is 5.73 Å². The summed E-state index contributed by atoms with van der Waals surface area (Å²) in [7, 11) is 0. The lowest BCUT2D eigenvalue weighted by Gasteiger charge is -2.41. The Morgan fingerprint density at radius 1 is 1.21 bits per heavy atom. The molecule has 0 amide bonds. The molecule has 0 spiro atoms. The molecule has 2 fully saturated rings. The molecule has 2 atom stereocenters. The molecule has 1 saturated carbocycles. The third-order valence-electron chi connectivity index (χ3n) is 5.58. The number of H-pyrrole nitrogens is 1. The number of Topliss-reactive ketones (excluding diaryl/α,β-unsaturated/α-hetero) is 1. The minimum atomic E-state index is -0.681. The minimum absolute atomic E-state index is 0.0243. The average Bonchev–Trinajstić information content (AvgIpc) is 2.54. The van der Waals surface area contributed by atoms with Crippen molar-refractivity contribution >= 4 is 11.6 Å². The van der Waals surface area contributed by atoms with Crippen LogP contribution in [-0.4, -0.2) is 39.9 Å². The Balaban J connectivity index is 1.76. The number of rotatable bonds is 4. The number of carbonyl (C=O) groups is 1. The van der Waals surface area contributed by atoms with Crippen molar-refractivity contribution in [3.05, 3.63) is 26.4 Å². The summed E-state index contributed by atoms with van der Waals surface area (Å²) in [5.74, 6) is 1.13. The smallest absolute Gasteiger partial charge is 0.329 e. The molecule has 0 radical (unpaired) electrons. The third-order valence-corrected chi connectivity index (χ3v) is 5.58. The average molecular weight is 334 g/mol. The van der Waals surface area contributed by atoms with E-state index in [1.54, 1.807) is 6.92 Å². The van der Waals surface area contributed by atoms with Crippen LogP contribution in [0.2, 0.25) is 0 Å². The van der Waals surface area contributed by atoms with Crippen molar-refractivity contribution in [1.29, 1.82) is 0 Å². The first-order valence-electron chi connectivity index (χ1n) is 8.89. The first-order chi connectivity index (χ1) is 11.5. The molecular weight excluding hydrogens is 308 g/mol. The Morgan fingerprint density at radius 2 is 1.92 bits per heavy atom. The van der Waals surface area contributed by atoms with Gasteiger partial charge in [-0.15, -0.1) is 0 Å². The number of nitrogens with two attached hydrogens (primary N) is 1. The van der Waals surface area contributed by atoms with Crippen LogP contribution in [0, 0.1) is 11.8 Å². The molecule has 0 bridgehead atoms. The fourth-order valence-corrected chi connectivity index (χ4v) is 4.27. The SMILES string of the molecule is CCn1c(N)c(C(=O)CN2CC[C@H]3CCCC[C@H]3C2)c(=O)[nH]c1=O. The van der Waals surface area contributed by atoms with E-state index in [1.807, 2.05) is 0 Å². The highest BCUT2D eigenvalue weighted by Crippen LogP contribution is 2.35. The first kappa shape index (κ1) is 17.0. The van der Waals surface area contributed by atoms with Crippen LogP contribution < -0.4 is 17.0 Å². The van der Waals surface area contributed by atoms with E-state index >= 15 is 0 Å². The summed E-state index contributed by atoms with van der Waals surface area (Å²) < 4.78 is 1.22. The van der Waals surface area contributed by atoms with Crippen LogP contribution in [0.4, 0.5) is 5.82 Å². The molecule has 24 heavy (non-hydrogen) atoms. The highest BCUT2D eigenvalue weighted by atomic mass is 16.2. The van der Waals surface area contributed by atoms with Gasteiger partial charge in [-0.2, -0.15) is 0 Å². The highest BCUT2D eigenvalue weighted by molar-refractivity contribution is 6.01. The molecular formula is C17H26N4O3.